The smallest absolute Gasteiger partial charge is 0.243 e. The van der Waals surface area contributed by atoms with Crippen LogP contribution in [-0.2, 0) is 19.9 Å². The summed E-state index contributed by atoms with van der Waals surface area (Å²) in [6.45, 7) is 0.557. The van der Waals surface area contributed by atoms with Crippen LogP contribution in [0, 0.1) is 0 Å². The molecule has 3 aromatic rings. The molecule has 4 rings (SSSR count). The Balaban J connectivity index is 1.48. The number of piperidine rings is 1. The van der Waals surface area contributed by atoms with Gasteiger partial charge in [0.2, 0.25) is 21.7 Å². The van der Waals surface area contributed by atoms with E-state index in [2.05, 4.69) is 15.1 Å². The Hall–Kier alpha value is -2.63. The van der Waals surface area contributed by atoms with Gasteiger partial charge in [-0.2, -0.15) is 9.29 Å². The van der Waals surface area contributed by atoms with Crippen LogP contribution in [0.2, 0.25) is 0 Å². The standard InChI is InChI=1S/C19H20N4O5S2/c1-29(24,25)16-5-2-6-17(12-16)30(26,27)23-10-7-14(8-11-23)19-21-18(22-28-19)15-4-3-9-20-13-15/h2-6,9,12-14H,7-8,10-11H2,1H3. The lowest BCUT2D eigenvalue weighted by Crippen LogP contribution is -2.38. The summed E-state index contributed by atoms with van der Waals surface area (Å²) in [4.78, 5) is 8.42. The van der Waals surface area contributed by atoms with Crippen molar-refractivity contribution in [2.24, 2.45) is 0 Å². The predicted molar refractivity (Wildman–Crippen MR) is 108 cm³/mol. The minimum atomic E-state index is -3.79. The molecule has 9 nitrogen and oxygen atoms in total. The average molecular weight is 449 g/mol. The first kappa shape index (κ1) is 20.6. The zero-order valence-corrected chi connectivity index (χ0v) is 17.8. The SMILES string of the molecule is CS(=O)(=O)c1cccc(S(=O)(=O)N2CCC(c3nc(-c4cccnc4)no3)CC2)c1. The first-order valence-electron chi connectivity index (χ1n) is 9.29. The number of pyridine rings is 1. The lowest BCUT2D eigenvalue weighted by atomic mass is 9.98. The molecule has 3 heterocycles. The van der Waals surface area contributed by atoms with Crippen LogP contribution in [0.5, 0.6) is 0 Å². The fourth-order valence-electron chi connectivity index (χ4n) is 3.37. The van der Waals surface area contributed by atoms with Crippen LogP contribution in [0.4, 0.5) is 0 Å². The first-order chi connectivity index (χ1) is 14.2. The summed E-state index contributed by atoms with van der Waals surface area (Å²) < 4.78 is 56.2. The second kappa shape index (κ2) is 7.89. The van der Waals surface area contributed by atoms with Crippen molar-refractivity contribution in [3.63, 3.8) is 0 Å². The molecule has 11 heteroatoms. The highest BCUT2D eigenvalue weighted by atomic mass is 32.2. The number of rotatable bonds is 5. The minimum Gasteiger partial charge on any atom is -0.339 e. The topological polar surface area (TPSA) is 123 Å². The van der Waals surface area contributed by atoms with E-state index in [-0.39, 0.29) is 28.8 Å². The zero-order valence-electron chi connectivity index (χ0n) is 16.2. The molecule has 0 aliphatic carbocycles. The Morgan fingerprint density at radius 2 is 1.77 bits per heavy atom. The highest BCUT2D eigenvalue weighted by Crippen LogP contribution is 2.31. The van der Waals surface area contributed by atoms with Gasteiger partial charge in [-0.15, -0.1) is 0 Å². The molecule has 30 heavy (non-hydrogen) atoms. The summed E-state index contributed by atoms with van der Waals surface area (Å²) >= 11 is 0. The van der Waals surface area contributed by atoms with Gasteiger partial charge in [0.1, 0.15) is 0 Å². The lowest BCUT2D eigenvalue weighted by molar-refractivity contribution is 0.270. The highest BCUT2D eigenvalue weighted by molar-refractivity contribution is 7.91. The molecule has 1 aromatic carbocycles. The highest BCUT2D eigenvalue weighted by Gasteiger charge is 2.32. The van der Waals surface area contributed by atoms with Gasteiger partial charge in [-0.05, 0) is 43.2 Å². The second-order valence-electron chi connectivity index (χ2n) is 7.12. The largest absolute Gasteiger partial charge is 0.339 e. The summed E-state index contributed by atoms with van der Waals surface area (Å²) in [5, 5.41) is 3.99. The molecular formula is C19H20N4O5S2. The maximum Gasteiger partial charge on any atom is 0.243 e. The molecular weight excluding hydrogens is 428 g/mol. The van der Waals surface area contributed by atoms with Crippen molar-refractivity contribution in [2.75, 3.05) is 19.3 Å². The summed E-state index contributed by atoms with van der Waals surface area (Å²) in [6, 6.07) is 9.06. The van der Waals surface area contributed by atoms with Crippen LogP contribution in [0.3, 0.4) is 0 Å². The molecule has 1 aliphatic rings. The van der Waals surface area contributed by atoms with Crippen LogP contribution in [0.1, 0.15) is 24.7 Å². The van der Waals surface area contributed by atoms with E-state index in [1.165, 1.54) is 28.6 Å². The molecule has 0 amide bonds. The van der Waals surface area contributed by atoms with Gasteiger partial charge >= 0.3 is 0 Å². The van der Waals surface area contributed by atoms with Crippen LogP contribution in [-0.4, -0.2) is 55.6 Å². The van der Waals surface area contributed by atoms with Crippen molar-refractivity contribution in [3.8, 4) is 11.4 Å². The van der Waals surface area contributed by atoms with Gasteiger partial charge < -0.3 is 4.52 Å². The van der Waals surface area contributed by atoms with Gasteiger partial charge in [0.25, 0.3) is 0 Å². The van der Waals surface area contributed by atoms with Crippen molar-refractivity contribution >= 4 is 19.9 Å². The predicted octanol–water partition coefficient (Wildman–Crippen LogP) is 2.10. The third-order valence-corrected chi connectivity index (χ3v) is 8.04. The lowest BCUT2D eigenvalue weighted by Gasteiger charge is -2.29. The summed E-state index contributed by atoms with van der Waals surface area (Å²) in [5.41, 5.74) is 0.748. The van der Waals surface area contributed by atoms with Gasteiger partial charge in [0, 0.05) is 43.2 Å². The van der Waals surface area contributed by atoms with E-state index in [1.807, 2.05) is 6.07 Å². The maximum absolute atomic E-state index is 13.0. The Morgan fingerprint density at radius 3 is 2.43 bits per heavy atom. The molecule has 0 spiro atoms. The van der Waals surface area contributed by atoms with E-state index in [0.717, 1.165) is 11.8 Å². The summed E-state index contributed by atoms with van der Waals surface area (Å²) in [6.07, 6.45) is 5.41. The maximum atomic E-state index is 13.0. The molecule has 158 valence electrons. The third-order valence-electron chi connectivity index (χ3n) is 5.04. The van der Waals surface area contributed by atoms with Gasteiger partial charge in [-0.3, -0.25) is 4.98 Å². The molecule has 1 saturated heterocycles. The van der Waals surface area contributed by atoms with Crippen LogP contribution >= 0.6 is 0 Å². The van der Waals surface area contributed by atoms with Gasteiger partial charge in [-0.25, -0.2) is 16.8 Å². The quantitative estimate of drug-likeness (QED) is 0.581. The molecule has 0 atom stereocenters. The number of aromatic nitrogens is 3. The van der Waals surface area contributed by atoms with Crippen molar-refractivity contribution in [2.45, 2.75) is 28.6 Å². The fraction of sp³-hybridized carbons (Fsp3) is 0.316. The molecule has 1 fully saturated rings. The zero-order chi connectivity index (χ0) is 21.4. The number of benzene rings is 1. The number of sulfonamides is 1. The summed E-state index contributed by atoms with van der Waals surface area (Å²) in [7, 11) is -7.29. The van der Waals surface area contributed by atoms with E-state index in [0.29, 0.717) is 24.6 Å². The Kier molecular flexibility index (Phi) is 5.43. The molecule has 0 N–H and O–H groups in total. The number of hydrogen-bond donors (Lipinski definition) is 0. The van der Waals surface area contributed by atoms with E-state index in [4.69, 9.17) is 4.52 Å². The van der Waals surface area contributed by atoms with Gasteiger partial charge in [0.05, 0.1) is 9.79 Å². The van der Waals surface area contributed by atoms with Crippen molar-refractivity contribution in [3.05, 3.63) is 54.7 Å². The molecule has 1 aliphatic heterocycles. The number of nitrogens with zero attached hydrogens (tertiary/aromatic N) is 4. The van der Waals surface area contributed by atoms with E-state index >= 15 is 0 Å². The van der Waals surface area contributed by atoms with E-state index in [1.54, 1.807) is 18.5 Å². The molecule has 0 radical (unpaired) electrons. The first-order valence-corrected chi connectivity index (χ1v) is 12.6. The molecule has 0 unspecified atom stereocenters. The van der Waals surface area contributed by atoms with Crippen molar-refractivity contribution < 1.29 is 21.4 Å². The minimum absolute atomic E-state index is 0.0211. The molecule has 0 saturated carbocycles. The van der Waals surface area contributed by atoms with Crippen LogP contribution in [0.25, 0.3) is 11.4 Å². The molecule has 2 aromatic heterocycles. The Morgan fingerprint density at radius 1 is 1.03 bits per heavy atom. The number of sulfone groups is 1. The van der Waals surface area contributed by atoms with Crippen LogP contribution < -0.4 is 0 Å². The fourth-order valence-corrected chi connectivity index (χ4v) is 5.63. The van der Waals surface area contributed by atoms with E-state index in [9.17, 15) is 16.8 Å². The van der Waals surface area contributed by atoms with Crippen LogP contribution in [0.15, 0.2) is 63.1 Å². The normalized spacial score (nSPS) is 16.6. The van der Waals surface area contributed by atoms with Gasteiger partial charge in [-0.1, -0.05) is 11.2 Å². The van der Waals surface area contributed by atoms with Crippen molar-refractivity contribution in [1.29, 1.82) is 0 Å². The second-order valence-corrected chi connectivity index (χ2v) is 11.1. The monoisotopic (exact) mass is 448 g/mol. The van der Waals surface area contributed by atoms with Crippen molar-refractivity contribution in [1.82, 2.24) is 19.4 Å². The van der Waals surface area contributed by atoms with E-state index < -0.39 is 19.9 Å². The number of hydrogen-bond acceptors (Lipinski definition) is 8. The Bertz CT molecular complexity index is 1250. The summed E-state index contributed by atoms with van der Waals surface area (Å²) in [5.74, 6) is 0.882. The average Bonchev–Trinajstić information content (AvgIpc) is 3.24. The van der Waals surface area contributed by atoms with Gasteiger partial charge in [0.15, 0.2) is 9.84 Å². The Labute approximate surface area is 174 Å². The third kappa shape index (κ3) is 4.13. The molecule has 0 bridgehead atoms.